The van der Waals surface area contributed by atoms with Gasteiger partial charge in [0.1, 0.15) is 5.83 Å². The highest BCUT2D eigenvalue weighted by atomic mass is 19.1. The van der Waals surface area contributed by atoms with Gasteiger partial charge >= 0.3 is 11.7 Å². The minimum absolute atomic E-state index is 0.208. The van der Waals surface area contributed by atoms with Crippen molar-refractivity contribution in [2.24, 2.45) is 5.92 Å². The highest BCUT2D eigenvalue weighted by molar-refractivity contribution is 5.71. The number of hydrogen-bond acceptors (Lipinski definition) is 5. The Morgan fingerprint density at radius 1 is 1.63 bits per heavy atom. The average Bonchev–Trinajstić information content (AvgIpc) is 2.69. The van der Waals surface area contributed by atoms with Gasteiger partial charge in [-0.3, -0.25) is 13.9 Å². The van der Waals surface area contributed by atoms with Gasteiger partial charge in [-0.15, -0.1) is 0 Å². The van der Waals surface area contributed by atoms with Crippen LogP contribution < -0.4 is 5.76 Å². The fourth-order valence-corrected chi connectivity index (χ4v) is 1.54. The Morgan fingerprint density at radius 2 is 2.32 bits per heavy atom. The van der Waals surface area contributed by atoms with E-state index in [1.807, 2.05) is 0 Å². The maximum absolute atomic E-state index is 13.6. The number of esters is 1. The summed E-state index contributed by atoms with van der Waals surface area (Å²) < 4.78 is 23.6. The summed E-state index contributed by atoms with van der Waals surface area (Å²) in [6.07, 6.45) is 2.22. The highest BCUT2D eigenvalue weighted by Crippen LogP contribution is 2.11. The molecule has 0 fully saturated rings. The van der Waals surface area contributed by atoms with Crippen molar-refractivity contribution in [3.05, 3.63) is 28.3 Å². The minimum atomic E-state index is -0.691. The van der Waals surface area contributed by atoms with Gasteiger partial charge in [0, 0.05) is 0 Å². The third-order valence-electron chi connectivity index (χ3n) is 2.75. The number of carbonyl (C=O) groups is 1. The number of carbonyl (C=O) groups excluding carboxylic acids is 1. The van der Waals surface area contributed by atoms with Gasteiger partial charge in [-0.2, -0.15) is 0 Å². The van der Waals surface area contributed by atoms with Gasteiger partial charge in [-0.1, -0.05) is 18.2 Å². The second-order valence-electron chi connectivity index (χ2n) is 4.23. The number of aromatic nitrogens is 2. The van der Waals surface area contributed by atoms with E-state index in [-0.39, 0.29) is 18.4 Å². The summed E-state index contributed by atoms with van der Waals surface area (Å²) in [6, 6.07) is 0. The van der Waals surface area contributed by atoms with Crippen LogP contribution in [0.25, 0.3) is 0 Å². The van der Waals surface area contributed by atoms with E-state index in [1.165, 1.54) is 13.2 Å². The van der Waals surface area contributed by atoms with E-state index < -0.39 is 11.6 Å². The first-order chi connectivity index (χ1) is 8.95. The molecule has 0 aliphatic rings. The molecule has 0 aromatic carbocycles. The molecule has 7 heteroatoms. The van der Waals surface area contributed by atoms with Crippen molar-refractivity contribution in [3.63, 3.8) is 0 Å². The van der Waals surface area contributed by atoms with Crippen molar-refractivity contribution in [1.29, 1.82) is 0 Å². The number of rotatable bonds is 6. The zero-order valence-corrected chi connectivity index (χ0v) is 11.2. The van der Waals surface area contributed by atoms with Gasteiger partial charge in [0.05, 0.1) is 19.6 Å². The highest BCUT2D eigenvalue weighted by Gasteiger charge is 2.12. The molecule has 0 bridgehead atoms. The predicted molar refractivity (Wildman–Crippen MR) is 65.1 cm³/mol. The van der Waals surface area contributed by atoms with Crippen molar-refractivity contribution in [1.82, 2.24) is 9.72 Å². The van der Waals surface area contributed by atoms with Crippen LogP contribution in [0, 0.1) is 12.8 Å². The molecule has 0 amide bonds. The van der Waals surface area contributed by atoms with E-state index in [9.17, 15) is 14.0 Å². The second-order valence-corrected chi connectivity index (χ2v) is 4.23. The molecule has 1 heterocycles. The third kappa shape index (κ3) is 4.35. The third-order valence-corrected chi connectivity index (χ3v) is 2.75. The Hall–Kier alpha value is -1.92. The van der Waals surface area contributed by atoms with E-state index in [0.717, 1.165) is 4.57 Å². The largest absolute Gasteiger partial charge is 0.469 e. The van der Waals surface area contributed by atoms with E-state index in [0.29, 0.717) is 18.7 Å². The lowest BCUT2D eigenvalue weighted by Gasteiger charge is -2.06. The molecule has 0 saturated heterocycles. The van der Waals surface area contributed by atoms with Gasteiger partial charge in [-0.05, 0) is 19.8 Å². The van der Waals surface area contributed by atoms with Gasteiger partial charge in [0.15, 0.2) is 5.82 Å². The molecule has 106 valence electrons. The number of halogens is 1. The van der Waals surface area contributed by atoms with Crippen LogP contribution in [-0.2, 0) is 16.1 Å². The van der Waals surface area contributed by atoms with Gasteiger partial charge in [0.25, 0.3) is 0 Å². The molecule has 0 saturated carbocycles. The predicted octanol–water partition coefficient (Wildman–Crippen LogP) is 1.59. The Morgan fingerprint density at radius 3 is 2.84 bits per heavy atom. The maximum Gasteiger partial charge on any atom is 0.441 e. The minimum Gasteiger partial charge on any atom is -0.469 e. The fraction of sp³-hybridized carbons (Fsp3) is 0.583. The van der Waals surface area contributed by atoms with Gasteiger partial charge < -0.3 is 4.74 Å². The zero-order valence-electron chi connectivity index (χ0n) is 11.2. The molecule has 0 N–H and O–H groups in total. The first-order valence-electron chi connectivity index (χ1n) is 5.91. The van der Waals surface area contributed by atoms with Crippen LogP contribution in [-0.4, -0.2) is 22.8 Å². The number of hydrogen-bond donors (Lipinski definition) is 0. The second kappa shape index (κ2) is 6.86. The number of nitrogens with zero attached hydrogens (tertiary/aromatic N) is 2. The van der Waals surface area contributed by atoms with Crippen LogP contribution in [0.2, 0.25) is 0 Å². The number of allylic oxidation sites excluding steroid dienone is 2. The smallest absolute Gasteiger partial charge is 0.441 e. The standard InChI is InChI=1S/C12H17FN2O4/c1-8(11(16)18-3)5-4-6-10(13)7-15-9(2)14-19-12(15)17/h6,8H,4-5,7H2,1-3H3. The maximum atomic E-state index is 13.6. The summed E-state index contributed by atoms with van der Waals surface area (Å²) in [5.74, 6) is -1.44. The molecule has 1 rings (SSSR count). The van der Waals surface area contributed by atoms with E-state index in [4.69, 9.17) is 0 Å². The van der Waals surface area contributed by atoms with Crippen LogP contribution >= 0.6 is 0 Å². The molecule has 0 aliphatic heterocycles. The summed E-state index contributed by atoms with van der Waals surface area (Å²) in [6.45, 7) is 3.06. The van der Waals surface area contributed by atoms with Crippen molar-refractivity contribution >= 4 is 5.97 Å². The van der Waals surface area contributed by atoms with Crippen LogP contribution in [0.1, 0.15) is 25.6 Å². The Labute approximate surface area is 109 Å². The summed E-state index contributed by atoms with van der Waals surface area (Å²) in [4.78, 5) is 22.3. The van der Waals surface area contributed by atoms with Crippen molar-refractivity contribution in [3.8, 4) is 0 Å². The topological polar surface area (TPSA) is 74.3 Å². The van der Waals surface area contributed by atoms with Crippen molar-refractivity contribution in [2.75, 3.05) is 7.11 Å². The Balaban J connectivity index is 2.50. The molecule has 1 aromatic heterocycles. The zero-order chi connectivity index (χ0) is 14.4. The molecule has 1 unspecified atom stereocenters. The van der Waals surface area contributed by atoms with Gasteiger partial charge in [0.2, 0.25) is 0 Å². The van der Waals surface area contributed by atoms with Crippen molar-refractivity contribution in [2.45, 2.75) is 33.2 Å². The molecule has 0 aliphatic carbocycles. The Bertz CT molecular complexity index is 518. The fourth-order valence-electron chi connectivity index (χ4n) is 1.54. The van der Waals surface area contributed by atoms with E-state index >= 15 is 0 Å². The average molecular weight is 272 g/mol. The number of ether oxygens (including phenoxy) is 1. The number of aryl methyl sites for hydroxylation is 1. The lowest BCUT2D eigenvalue weighted by molar-refractivity contribution is -0.145. The number of methoxy groups -OCH3 is 1. The first-order valence-corrected chi connectivity index (χ1v) is 5.91. The Kier molecular flexibility index (Phi) is 5.47. The van der Waals surface area contributed by atoms with E-state index in [2.05, 4.69) is 14.4 Å². The van der Waals surface area contributed by atoms with Gasteiger partial charge in [-0.25, -0.2) is 9.18 Å². The quantitative estimate of drug-likeness (QED) is 0.735. The first kappa shape index (κ1) is 15.1. The molecule has 0 radical (unpaired) electrons. The lowest BCUT2D eigenvalue weighted by atomic mass is 10.1. The molecular formula is C12H17FN2O4. The molecule has 6 nitrogen and oxygen atoms in total. The SMILES string of the molecule is COC(=O)C(C)CCC=C(F)Cn1c(C)noc1=O. The molecule has 19 heavy (non-hydrogen) atoms. The summed E-state index contributed by atoms with van der Waals surface area (Å²) in [5.41, 5.74) is 0. The van der Waals surface area contributed by atoms with Crippen LogP contribution in [0.5, 0.6) is 0 Å². The van der Waals surface area contributed by atoms with Crippen LogP contribution in [0.15, 0.2) is 21.2 Å². The van der Waals surface area contributed by atoms with Crippen molar-refractivity contribution < 1.29 is 18.4 Å². The normalized spacial score (nSPS) is 13.4. The van der Waals surface area contributed by atoms with E-state index in [1.54, 1.807) is 13.8 Å². The summed E-state index contributed by atoms with van der Waals surface area (Å²) in [7, 11) is 1.32. The molecule has 0 spiro atoms. The summed E-state index contributed by atoms with van der Waals surface area (Å²) >= 11 is 0. The summed E-state index contributed by atoms with van der Waals surface area (Å²) in [5, 5.41) is 3.43. The monoisotopic (exact) mass is 272 g/mol. The van der Waals surface area contributed by atoms with Crippen LogP contribution in [0.3, 0.4) is 0 Å². The lowest BCUT2D eigenvalue weighted by Crippen LogP contribution is -2.16. The molecule has 1 atom stereocenters. The van der Waals surface area contributed by atoms with Crippen LogP contribution in [0.4, 0.5) is 4.39 Å². The molecule has 1 aromatic rings. The molecular weight excluding hydrogens is 255 g/mol.